The van der Waals surface area contributed by atoms with Gasteiger partial charge in [0.15, 0.2) is 5.82 Å². The predicted molar refractivity (Wildman–Crippen MR) is 65.0 cm³/mol. The number of nitrogens with two attached hydrogens (primary N) is 1. The second kappa shape index (κ2) is 4.80. The van der Waals surface area contributed by atoms with Crippen molar-refractivity contribution in [3.05, 3.63) is 23.8 Å². The summed E-state index contributed by atoms with van der Waals surface area (Å²) in [5.74, 6) is -1.78. The van der Waals surface area contributed by atoms with E-state index in [9.17, 15) is 13.6 Å². The maximum absolute atomic E-state index is 13.2. The fraction of sp³-hybridized carbons (Fsp3) is 0.417. The minimum Gasteiger partial charge on any atom is -0.395 e. The minimum absolute atomic E-state index is 0.0888. The number of hydrogen-bond donors (Lipinski definition) is 3. The van der Waals surface area contributed by atoms with E-state index in [4.69, 9.17) is 5.73 Å². The molecule has 4 nitrogen and oxygen atoms in total. The van der Waals surface area contributed by atoms with Gasteiger partial charge >= 0.3 is 0 Å². The largest absolute Gasteiger partial charge is 0.395 e. The van der Waals surface area contributed by atoms with Gasteiger partial charge in [-0.1, -0.05) is 0 Å². The molecule has 1 aromatic carbocycles. The van der Waals surface area contributed by atoms with Crippen LogP contribution in [0.5, 0.6) is 0 Å². The summed E-state index contributed by atoms with van der Waals surface area (Å²) >= 11 is 0. The van der Waals surface area contributed by atoms with Crippen LogP contribution >= 0.6 is 0 Å². The molecule has 1 aliphatic rings. The van der Waals surface area contributed by atoms with Gasteiger partial charge in [0.2, 0.25) is 5.91 Å². The van der Waals surface area contributed by atoms with Gasteiger partial charge in [-0.2, -0.15) is 0 Å². The van der Waals surface area contributed by atoms with Crippen molar-refractivity contribution in [3.8, 4) is 0 Å². The third kappa shape index (κ3) is 2.88. The zero-order valence-corrected chi connectivity index (χ0v) is 9.97. The molecule has 2 rings (SSSR count). The third-order valence-electron chi connectivity index (χ3n) is 2.78. The number of nitrogen functional groups attached to an aromatic ring is 1. The van der Waals surface area contributed by atoms with Crippen LogP contribution in [-0.4, -0.2) is 18.0 Å². The van der Waals surface area contributed by atoms with Crippen LogP contribution in [0, 0.1) is 11.6 Å². The summed E-state index contributed by atoms with van der Waals surface area (Å²) in [6, 6.07) is 1.41. The van der Waals surface area contributed by atoms with Gasteiger partial charge in [0.25, 0.3) is 0 Å². The van der Waals surface area contributed by atoms with Crippen LogP contribution in [0.4, 0.5) is 20.2 Å². The van der Waals surface area contributed by atoms with E-state index in [2.05, 4.69) is 10.6 Å². The summed E-state index contributed by atoms with van der Waals surface area (Å²) in [5, 5.41) is 5.50. The first-order valence-electron chi connectivity index (χ1n) is 5.79. The number of halogens is 2. The Bertz CT molecular complexity index is 475. The molecule has 0 aliphatic heterocycles. The van der Waals surface area contributed by atoms with Gasteiger partial charge in [0.1, 0.15) is 11.9 Å². The van der Waals surface area contributed by atoms with Gasteiger partial charge in [-0.15, -0.1) is 0 Å². The minimum atomic E-state index is -0.840. The number of rotatable bonds is 4. The van der Waals surface area contributed by atoms with Crippen LogP contribution in [0.15, 0.2) is 12.1 Å². The molecule has 1 saturated carbocycles. The molecule has 1 aromatic rings. The van der Waals surface area contributed by atoms with Gasteiger partial charge in [-0.05, 0) is 25.8 Å². The summed E-state index contributed by atoms with van der Waals surface area (Å²) in [6.07, 6.45) is 1.96. The number of nitrogens with one attached hydrogen (secondary N) is 2. The van der Waals surface area contributed by atoms with Gasteiger partial charge in [-0.3, -0.25) is 4.79 Å². The predicted octanol–water partition coefficient (Wildman–Crippen LogP) is 1.63. The van der Waals surface area contributed by atoms with Gasteiger partial charge < -0.3 is 16.4 Å². The van der Waals surface area contributed by atoms with Crippen molar-refractivity contribution in [2.24, 2.45) is 0 Å². The maximum Gasteiger partial charge on any atom is 0.242 e. The van der Waals surface area contributed by atoms with E-state index in [0.717, 1.165) is 18.9 Å². The van der Waals surface area contributed by atoms with Crippen molar-refractivity contribution in [2.45, 2.75) is 31.8 Å². The molecule has 0 bridgehead atoms. The second-order valence-corrected chi connectivity index (χ2v) is 4.50. The monoisotopic (exact) mass is 255 g/mol. The van der Waals surface area contributed by atoms with Crippen LogP contribution in [-0.2, 0) is 4.79 Å². The summed E-state index contributed by atoms with van der Waals surface area (Å²) in [6.45, 7) is 1.61. The standard InChI is InChI=1S/C12H15F2N3O/c1-6(12(18)17-8-2-3-8)16-10-5-7(13)4-9(14)11(10)15/h4-6,8,16H,2-3,15H2,1H3,(H,17,18). The van der Waals surface area contributed by atoms with E-state index in [1.54, 1.807) is 6.92 Å². The van der Waals surface area contributed by atoms with Crippen molar-refractivity contribution in [1.82, 2.24) is 5.32 Å². The average molecular weight is 255 g/mol. The summed E-state index contributed by atoms with van der Waals surface area (Å²) in [7, 11) is 0. The molecule has 98 valence electrons. The Labute approximate surface area is 104 Å². The number of benzene rings is 1. The molecule has 1 fully saturated rings. The normalized spacial score (nSPS) is 16.2. The number of carbonyl (C=O) groups excluding carboxylic acids is 1. The number of carbonyl (C=O) groups is 1. The Morgan fingerprint density at radius 2 is 2.11 bits per heavy atom. The number of amides is 1. The quantitative estimate of drug-likeness (QED) is 0.716. The van der Waals surface area contributed by atoms with Crippen molar-refractivity contribution in [3.63, 3.8) is 0 Å². The Hall–Kier alpha value is -1.85. The molecule has 1 amide bonds. The van der Waals surface area contributed by atoms with Crippen LogP contribution < -0.4 is 16.4 Å². The first-order chi connectivity index (χ1) is 8.47. The average Bonchev–Trinajstić information content (AvgIpc) is 3.08. The van der Waals surface area contributed by atoms with E-state index >= 15 is 0 Å². The lowest BCUT2D eigenvalue weighted by atomic mass is 10.2. The van der Waals surface area contributed by atoms with Crippen molar-refractivity contribution < 1.29 is 13.6 Å². The third-order valence-corrected chi connectivity index (χ3v) is 2.78. The molecule has 0 heterocycles. The molecule has 1 unspecified atom stereocenters. The molecule has 0 aromatic heterocycles. The lowest BCUT2D eigenvalue weighted by Gasteiger charge is -2.16. The fourth-order valence-corrected chi connectivity index (χ4v) is 1.56. The van der Waals surface area contributed by atoms with Gasteiger partial charge in [-0.25, -0.2) is 8.78 Å². The summed E-state index contributed by atoms with van der Waals surface area (Å²) in [5.41, 5.74) is 5.37. The molecular weight excluding hydrogens is 240 g/mol. The maximum atomic E-state index is 13.2. The topological polar surface area (TPSA) is 67.1 Å². The van der Waals surface area contributed by atoms with Crippen LogP contribution in [0.2, 0.25) is 0 Å². The zero-order chi connectivity index (χ0) is 13.3. The molecule has 18 heavy (non-hydrogen) atoms. The first kappa shape index (κ1) is 12.6. The Morgan fingerprint density at radius 1 is 1.44 bits per heavy atom. The van der Waals surface area contributed by atoms with Gasteiger partial charge in [0.05, 0.1) is 11.4 Å². The molecule has 6 heteroatoms. The second-order valence-electron chi connectivity index (χ2n) is 4.50. The van der Waals surface area contributed by atoms with Gasteiger partial charge in [0, 0.05) is 12.1 Å². The molecular formula is C12H15F2N3O. The zero-order valence-electron chi connectivity index (χ0n) is 9.97. The number of hydrogen-bond acceptors (Lipinski definition) is 3. The molecule has 0 radical (unpaired) electrons. The highest BCUT2D eigenvalue weighted by Gasteiger charge is 2.25. The Kier molecular flexibility index (Phi) is 3.36. The van der Waals surface area contributed by atoms with Crippen LogP contribution in [0.3, 0.4) is 0 Å². The highest BCUT2D eigenvalue weighted by molar-refractivity contribution is 5.85. The molecule has 0 spiro atoms. The molecule has 0 saturated heterocycles. The summed E-state index contributed by atoms with van der Waals surface area (Å²) in [4.78, 5) is 11.7. The fourth-order valence-electron chi connectivity index (χ4n) is 1.56. The lowest BCUT2D eigenvalue weighted by Crippen LogP contribution is -2.38. The highest BCUT2D eigenvalue weighted by atomic mass is 19.1. The lowest BCUT2D eigenvalue weighted by molar-refractivity contribution is -0.121. The van der Waals surface area contributed by atoms with Crippen LogP contribution in [0.1, 0.15) is 19.8 Å². The molecule has 4 N–H and O–H groups in total. The van der Waals surface area contributed by atoms with E-state index in [0.29, 0.717) is 6.07 Å². The van der Waals surface area contributed by atoms with Crippen molar-refractivity contribution in [1.29, 1.82) is 0 Å². The van der Waals surface area contributed by atoms with Crippen LogP contribution in [0.25, 0.3) is 0 Å². The Balaban J connectivity index is 2.05. The Morgan fingerprint density at radius 3 is 2.72 bits per heavy atom. The van der Waals surface area contributed by atoms with E-state index < -0.39 is 17.7 Å². The smallest absolute Gasteiger partial charge is 0.242 e. The van der Waals surface area contributed by atoms with E-state index in [1.165, 1.54) is 0 Å². The molecule has 1 atom stereocenters. The van der Waals surface area contributed by atoms with Crippen molar-refractivity contribution in [2.75, 3.05) is 11.1 Å². The highest BCUT2D eigenvalue weighted by Crippen LogP contribution is 2.24. The van der Waals surface area contributed by atoms with E-state index in [1.807, 2.05) is 0 Å². The first-order valence-corrected chi connectivity index (χ1v) is 5.79. The van der Waals surface area contributed by atoms with E-state index in [-0.39, 0.29) is 23.3 Å². The summed E-state index contributed by atoms with van der Waals surface area (Å²) < 4.78 is 26.2. The molecule has 1 aliphatic carbocycles. The SMILES string of the molecule is CC(Nc1cc(F)cc(F)c1N)C(=O)NC1CC1. The van der Waals surface area contributed by atoms with Crippen molar-refractivity contribution >= 4 is 17.3 Å². The number of anilines is 2.